The molecule has 0 aliphatic carbocycles. The van der Waals surface area contributed by atoms with Crippen molar-refractivity contribution in [3.63, 3.8) is 0 Å². The topological polar surface area (TPSA) is 13.1 Å². The predicted molar refractivity (Wildman–Crippen MR) is 82.3 cm³/mol. The summed E-state index contributed by atoms with van der Waals surface area (Å²) in [6.45, 7) is 4.47. The predicted octanol–water partition coefficient (Wildman–Crippen LogP) is 6.04. The van der Waals surface area contributed by atoms with Crippen LogP contribution in [-0.2, 0) is 0 Å². The Morgan fingerprint density at radius 1 is 1.11 bits per heavy atom. The van der Waals surface area contributed by atoms with E-state index in [0.29, 0.717) is 5.92 Å². The number of hydrogen-bond donors (Lipinski definition) is 0. The van der Waals surface area contributed by atoms with Crippen LogP contribution in [0.2, 0.25) is 0 Å². The Balaban J connectivity index is 2.22. The van der Waals surface area contributed by atoms with Gasteiger partial charge in [0.1, 0.15) is 0 Å². The molecule has 0 N–H and O–H groups in total. The zero-order valence-electron chi connectivity index (χ0n) is 10.5. The van der Waals surface area contributed by atoms with Crippen molar-refractivity contribution in [2.45, 2.75) is 31.0 Å². The molecule has 2 unspecified atom stereocenters. The van der Waals surface area contributed by atoms with Crippen molar-refractivity contribution in [2.75, 3.05) is 0 Å². The Morgan fingerprint density at radius 3 is 2.22 bits per heavy atom. The maximum atomic E-state index is 5.27. The van der Waals surface area contributed by atoms with Gasteiger partial charge in [0.25, 0.3) is 0 Å². The third-order valence-corrected chi connectivity index (χ3v) is 5.00. The quantitative estimate of drug-likeness (QED) is 0.597. The second kappa shape index (κ2) is 6.07. The van der Waals surface area contributed by atoms with Gasteiger partial charge < -0.3 is 4.42 Å². The minimum atomic E-state index is 0.164. The van der Waals surface area contributed by atoms with Crippen LogP contribution in [0.3, 0.4) is 0 Å². The van der Waals surface area contributed by atoms with Gasteiger partial charge in [-0.1, -0.05) is 54.0 Å². The van der Waals surface area contributed by atoms with Gasteiger partial charge in [-0.15, -0.1) is 0 Å². The summed E-state index contributed by atoms with van der Waals surface area (Å²) in [5, 5.41) is 0. The molecule has 2 atom stereocenters. The van der Waals surface area contributed by atoms with Crippen LogP contribution in [-0.4, -0.2) is 0 Å². The normalized spacial score (nSPS) is 14.4. The Kier molecular flexibility index (Phi) is 4.68. The van der Waals surface area contributed by atoms with E-state index >= 15 is 0 Å². The SMILES string of the molecule is CCC(C)c1ccc(C(Br)c2ccoc2Br)cc1. The van der Waals surface area contributed by atoms with Crippen molar-refractivity contribution in [1.29, 1.82) is 0 Å². The van der Waals surface area contributed by atoms with E-state index in [4.69, 9.17) is 4.42 Å². The van der Waals surface area contributed by atoms with E-state index in [1.54, 1.807) is 6.26 Å². The van der Waals surface area contributed by atoms with Gasteiger partial charge in [-0.2, -0.15) is 0 Å². The van der Waals surface area contributed by atoms with Crippen LogP contribution in [0, 0.1) is 0 Å². The summed E-state index contributed by atoms with van der Waals surface area (Å²) >= 11 is 7.13. The van der Waals surface area contributed by atoms with Crippen LogP contribution >= 0.6 is 31.9 Å². The van der Waals surface area contributed by atoms with Crippen LogP contribution in [0.15, 0.2) is 45.7 Å². The van der Waals surface area contributed by atoms with Crippen molar-refractivity contribution in [3.05, 3.63) is 58.0 Å². The molecule has 96 valence electrons. The van der Waals surface area contributed by atoms with Crippen molar-refractivity contribution in [2.24, 2.45) is 0 Å². The lowest BCUT2D eigenvalue weighted by molar-refractivity contribution is 0.537. The fourth-order valence-corrected chi connectivity index (χ4v) is 3.34. The standard InChI is InChI=1S/C15H16Br2O/c1-3-10(2)11-4-6-12(7-5-11)14(16)13-8-9-18-15(13)17/h4-10,14H,3H2,1-2H3. The summed E-state index contributed by atoms with van der Waals surface area (Å²) in [6.07, 6.45) is 2.87. The number of rotatable bonds is 4. The lowest BCUT2D eigenvalue weighted by atomic mass is 9.96. The molecule has 0 saturated carbocycles. The van der Waals surface area contributed by atoms with Gasteiger partial charge in [-0.05, 0) is 45.5 Å². The third kappa shape index (κ3) is 2.89. The number of furan rings is 1. The van der Waals surface area contributed by atoms with Crippen molar-refractivity contribution in [3.8, 4) is 0 Å². The van der Waals surface area contributed by atoms with Gasteiger partial charge in [0.15, 0.2) is 4.67 Å². The fourth-order valence-electron chi connectivity index (χ4n) is 1.89. The Bertz CT molecular complexity index is 501. The van der Waals surface area contributed by atoms with E-state index in [1.165, 1.54) is 17.5 Å². The average molecular weight is 372 g/mol. The number of benzene rings is 1. The average Bonchev–Trinajstić information content (AvgIpc) is 2.83. The van der Waals surface area contributed by atoms with Crippen LogP contribution in [0.5, 0.6) is 0 Å². The molecule has 0 amide bonds. The molecule has 0 radical (unpaired) electrons. The first-order valence-corrected chi connectivity index (χ1v) is 7.81. The summed E-state index contributed by atoms with van der Waals surface area (Å²) in [7, 11) is 0. The summed E-state index contributed by atoms with van der Waals surface area (Å²) in [5.74, 6) is 0.619. The van der Waals surface area contributed by atoms with Crippen LogP contribution in [0.1, 0.15) is 47.7 Å². The smallest absolute Gasteiger partial charge is 0.173 e. The summed E-state index contributed by atoms with van der Waals surface area (Å²) in [4.78, 5) is 0.164. The first kappa shape index (κ1) is 13.9. The highest BCUT2D eigenvalue weighted by atomic mass is 79.9. The van der Waals surface area contributed by atoms with Gasteiger partial charge in [0, 0.05) is 5.56 Å². The molecular weight excluding hydrogens is 356 g/mol. The van der Waals surface area contributed by atoms with E-state index in [9.17, 15) is 0 Å². The Morgan fingerprint density at radius 2 is 1.72 bits per heavy atom. The molecule has 0 fully saturated rings. The zero-order chi connectivity index (χ0) is 13.1. The molecular formula is C15H16Br2O. The molecule has 0 bridgehead atoms. The fraction of sp³-hybridized carbons (Fsp3) is 0.333. The monoisotopic (exact) mass is 370 g/mol. The highest BCUT2D eigenvalue weighted by Gasteiger charge is 2.15. The van der Waals surface area contributed by atoms with Crippen molar-refractivity contribution < 1.29 is 4.42 Å². The third-order valence-electron chi connectivity index (χ3n) is 3.33. The highest BCUT2D eigenvalue weighted by Crippen LogP contribution is 2.36. The number of alkyl halides is 1. The van der Waals surface area contributed by atoms with E-state index in [0.717, 1.165) is 10.2 Å². The van der Waals surface area contributed by atoms with E-state index in [2.05, 4.69) is 70.0 Å². The molecule has 2 aromatic rings. The Labute approximate surface area is 125 Å². The first-order valence-electron chi connectivity index (χ1n) is 6.10. The maximum absolute atomic E-state index is 5.27. The van der Waals surface area contributed by atoms with Crippen LogP contribution < -0.4 is 0 Å². The first-order chi connectivity index (χ1) is 8.63. The van der Waals surface area contributed by atoms with Gasteiger partial charge in [-0.25, -0.2) is 0 Å². The van der Waals surface area contributed by atoms with E-state index < -0.39 is 0 Å². The lowest BCUT2D eigenvalue weighted by Gasteiger charge is -2.12. The van der Waals surface area contributed by atoms with Crippen molar-refractivity contribution >= 4 is 31.9 Å². The molecule has 0 aliphatic rings. The molecule has 1 heterocycles. The van der Waals surface area contributed by atoms with Crippen LogP contribution in [0.25, 0.3) is 0 Å². The van der Waals surface area contributed by atoms with Gasteiger partial charge in [-0.3, -0.25) is 0 Å². The molecule has 0 saturated heterocycles. The molecule has 18 heavy (non-hydrogen) atoms. The van der Waals surface area contributed by atoms with Crippen LogP contribution in [0.4, 0.5) is 0 Å². The molecule has 1 aromatic carbocycles. The molecule has 2 rings (SSSR count). The van der Waals surface area contributed by atoms with Crippen molar-refractivity contribution in [1.82, 2.24) is 0 Å². The molecule has 1 aromatic heterocycles. The van der Waals surface area contributed by atoms with E-state index in [1.807, 2.05) is 6.07 Å². The summed E-state index contributed by atoms with van der Waals surface area (Å²) in [5.41, 5.74) is 3.75. The molecule has 3 heteroatoms. The molecule has 0 aliphatic heterocycles. The second-order valence-electron chi connectivity index (χ2n) is 4.49. The largest absolute Gasteiger partial charge is 0.457 e. The highest BCUT2D eigenvalue weighted by molar-refractivity contribution is 9.10. The minimum absolute atomic E-state index is 0.164. The van der Waals surface area contributed by atoms with Gasteiger partial charge >= 0.3 is 0 Å². The second-order valence-corrected chi connectivity index (χ2v) is 6.12. The van der Waals surface area contributed by atoms with Gasteiger partial charge in [0.05, 0.1) is 11.1 Å². The lowest BCUT2D eigenvalue weighted by Crippen LogP contribution is -1.95. The number of hydrogen-bond acceptors (Lipinski definition) is 1. The summed E-state index contributed by atoms with van der Waals surface area (Å²) in [6, 6.07) is 10.8. The maximum Gasteiger partial charge on any atom is 0.173 e. The number of halogens is 2. The minimum Gasteiger partial charge on any atom is -0.457 e. The van der Waals surface area contributed by atoms with Gasteiger partial charge in [0.2, 0.25) is 0 Å². The van der Waals surface area contributed by atoms with E-state index in [-0.39, 0.29) is 4.83 Å². The summed E-state index contributed by atoms with van der Waals surface area (Å²) < 4.78 is 6.06. The molecule has 0 spiro atoms. The Hall–Kier alpha value is -0.540. The molecule has 1 nitrogen and oxygen atoms in total. The zero-order valence-corrected chi connectivity index (χ0v) is 13.7.